The van der Waals surface area contributed by atoms with Crippen molar-refractivity contribution in [3.8, 4) is 23.3 Å². The summed E-state index contributed by atoms with van der Waals surface area (Å²) in [5, 5.41) is 68.2. The number of guanidine groups is 1. The lowest BCUT2D eigenvalue weighted by Gasteiger charge is -2.47. The summed E-state index contributed by atoms with van der Waals surface area (Å²) in [6.07, 6.45) is 13.7. The van der Waals surface area contributed by atoms with Crippen LogP contribution in [0.3, 0.4) is 0 Å². The van der Waals surface area contributed by atoms with E-state index in [1.165, 1.54) is 45.1 Å². The first-order valence-electron chi connectivity index (χ1n) is 23.7. The molecule has 8 rings (SSSR count). The predicted molar refractivity (Wildman–Crippen MR) is 248 cm³/mol. The van der Waals surface area contributed by atoms with E-state index in [-0.39, 0.29) is 53.5 Å². The number of carbonyl (C=O) groups excluding carboxylic acids is 1. The summed E-state index contributed by atoms with van der Waals surface area (Å²) in [6.45, 7) is 3.64. The number of carbonyl (C=O) groups is 1. The topological polar surface area (TPSA) is 211 Å². The third kappa shape index (κ3) is 10.8. The third-order valence-corrected chi connectivity index (χ3v) is 18.2. The van der Waals surface area contributed by atoms with Gasteiger partial charge in [0.1, 0.15) is 12.2 Å². The lowest BCUT2D eigenvalue weighted by molar-refractivity contribution is -0.152. The fourth-order valence-electron chi connectivity index (χ4n) is 12.6. The van der Waals surface area contributed by atoms with Gasteiger partial charge in [0.05, 0.1) is 29.2 Å². The number of rotatable bonds is 2. The molecule has 10 N–H and O–H groups in total. The number of esters is 1. The van der Waals surface area contributed by atoms with Crippen LogP contribution in [0.1, 0.15) is 133 Å². The SMILES string of the molecule is CC(=O)O[C@H]1C[C@@H](O)CC[C@@]23C#C[C@H]4CCC[C@]5(CNCCSSC[C@@]6(CCCC7(CCCC7)C6)NC(N)=N[C@@H]2C=CC[C@@H]3O)C[C@@H](CCN5)Oc2cc(c(C(O)O)cc2O)C[C@H]14. The number of phenols is 1. The van der Waals surface area contributed by atoms with Crippen LogP contribution in [-0.2, 0) is 16.0 Å². The highest BCUT2D eigenvalue weighted by molar-refractivity contribution is 8.76. The second-order valence-electron chi connectivity index (χ2n) is 20.1. The number of aliphatic imine (C=N–C) groups is 1. The Kier molecular flexibility index (Phi) is 14.9. The zero-order valence-electron chi connectivity index (χ0n) is 37.0. The second-order valence-corrected chi connectivity index (χ2v) is 22.7. The van der Waals surface area contributed by atoms with Gasteiger partial charge in [-0.1, -0.05) is 71.3 Å². The Hall–Kier alpha value is -2.68. The average molecular weight is 910 g/mol. The number of fused-ring (bicyclic) bond motifs is 5. The number of nitrogens with one attached hydrogen (secondary N) is 3. The van der Waals surface area contributed by atoms with Gasteiger partial charge in [-0.15, -0.1) is 0 Å². The minimum absolute atomic E-state index is 0.120. The molecule has 7 aliphatic rings. The monoisotopic (exact) mass is 909 g/mol. The first-order valence-corrected chi connectivity index (χ1v) is 26.2. The largest absolute Gasteiger partial charge is 0.504 e. The summed E-state index contributed by atoms with van der Waals surface area (Å²) in [5.74, 6) is 8.20. The highest BCUT2D eigenvalue weighted by atomic mass is 33.1. The molecule has 1 aromatic carbocycles. The minimum Gasteiger partial charge on any atom is -0.504 e. The van der Waals surface area contributed by atoms with Crippen molar-refractivity contribution in [3.05, 3.63) is 35.4 Å². The van der Waals surface area contributed by atoms with Gasteiger partial charge in [0.25, 0.3) is 0 Å². The predicted octanol–water partition coefficient (Wildman–Crippen LogP) is 5.12. The van der Waals surface area contributed by atoms with Gasteiger partial charge in [-0.2, -0.15) is 0 Å². The first-order chi connectivity index (χ1) is 30.3. The standard InChI is InChI=1S/C48H71N5O8S2/c1-31(54)60-39-25-34(55)11-19-48-18-10-32-7-5-16-46(27-35(12-20-51-46)61-40-24-33(23-36(32)39)37(43(58)59)26-38(40)56)29-50-21-22-62-63-30-47(17-6-15-45(28-47)13-2-3-14-45)53-44(49)52-41(48)8-4-9-42(48)57/h4,8,24,26,32,34-36,39,41-43,50-51,55-59H,2-3,5-7,9,11-17,19-23,25,27-30H2,1H3,(H3,49,52,53)/t32-,34+,35-,36+,39+,41-,42+,46-,47+,48+/m1/s1. The Bertz CT molecular complexity index is 1900. The number of ether oxygens (including phenoxy) is 2. The summed E-state index contributed by atoms with van der Waals surface area (Å²) in [4.78, 5) is 18.1. The molecule has 2 saturated carbocycles. The van der Waals surface area contributed by atoms with Crippen molar-refractivity contribution in [2.24, 2.45) is 33.4 Å². The molecule has 4 aliphatic carbocycles. The molecule has 15 heteroatoms. The number of benzene rings is 1. The van der Waals surface area contributed by atoms with E-state index in [0.717, 1.165) is 69.7 Å². The molecule has 10 atom stereocenters. The Morgan fingerprint density at radius 2 is 1.83 bits per heavy atom. The molecule has 13 nitrogen and oxygen atoms in total. The molecule has 6 bridgehead atoms. The molecular formula is C48H71N5O8S2. The van der Waals surface area contributed by atoms with Crippen LogP contribution in [0, 0.1) is 34.5 Å². The maximum atomic E-state index is 12.9. The van der Waals surface area contributed by atoms with E-state index in [1.807, 2.05) is 33.7 Å². The number of aliphatic hydroxyl groups is 4. The van der Waals surface area contributed by atoms with Crippen LogP contribution < -0.4 is 26.4 Å². The normalized spacial score (nSPS) is 37.6. The summed E-state index contributed by atoms with van der Waals surface area (Å²) >= 11 is 0. The van der Waals surface area contributed by atoms with E-state index in [1.54, 1.807) is 6.07 Å². The fraction of sp³-hybridized carbons (Fsp3) is 0.750. The molecule has 3 heterocycles. The van der Waals surface area contributed by atoms with Gasteiger partial charge in [-0.3, -0.25) is 4.79 Å². The first kappa shape index (κ1) is 46.8. The van der Waals surface area contributed by atoms with Crippen molar-refractivity contribution in [3.63, 3.8) is 0 Å². The molecule has 0 aromatic heterocycles. The van der Waals surface area contributed by atoms with Crippen molar-refractivity contribution in [2.45, 2.75) is 170 Å². The van der Waals surface area contributed by atoms with Gasteiger partial charge in [0.15, 0.2) is 23.7 Å². The van der Waals surface area contributed by atoms with E-state index in [0.29, 0.717) is 42.6 Å². The zero-order chi connectivity index (χ0) is 44.2. The van der Waals surface area contributed by atoms with Gasteiger partial charge in [0.2, 0.25) is 0 Å². The molecule has 0 unspecified atom stereocenters. The number of aromatic hydroxyl groups is 1. The third-order valence-electron chi connectivity index (χ3n) is 15.7. The van der Waals surface area contributed by atoms with Crippen LogP contribution >= 0.6 is 21.6 Å². The molecule has 0 radical (unpaired) electrons. The summed E-state index contributed by atoms with van der Waals surface area (Å²) < 4.78 is 12.8. The van der Waals surface area contributed by atoms with E-state index in [9.17, 15) is 30.3 Å². The van der Waals surface area contributed by atoms with Gasteiger partial charge >= 0.3 is 5.97 Å². The molecule has 0 amide bonds. The van der Waals surface area contributed by atoms with Gasteiger partial charge in [-0.25, -0.2) is 4.99 Å². The lowest BCUT2D eigenvalue weighted by Crippen LogP contribution is -2.59. The van der Waals surface area contributed by atoms with Crippen molar-refractivity contribution in [2.75, 3.05) is 31.1 Å². The summed E-state index contributed by atoms with van der Waals surface area (Å²) in [5.41, 5.74) is 6.37. The molecule has 348 valence electrons. The van der Waals surface area contributed by atoms with E-state index in [2.05, 4.69) is 27.8 Å². The second kappa shape index (κ2) is 20.0. The Morgan fingerprint density at radius 3 is 2.63 bits per heavy atom. The van der Waals surface area contributed by atoms with E-state index < -0.39 is 53.9 Å². The van der Waals surface area contributed by atoms with Gasteiger partial charge in [0, 0.05) is 67.3 Å². The van der Waals surface area contributed by atoms with E-state index in [4.69, 9.17) is 20.2 Å². The quantitative estimate of drug-likeness (QED) is 0.0621. The van der Waals surface area contributed by atoms with Crippen LogP contribution in [0.4, 0.5) is 0 Å². The number of phenolic OH excluding ortho intramolecular Hbond substituents is 1. The number of aliphatic hydroxyl groups excluding tert-OH is 3. The van der Waals surface area contributed by atoms with Crippen LogP contribution in [0.2, 0.25) is 0 Å². The molecule has 3 aliphatic heterocycles. The molecular weight excluding hydrogens is 839 g/mol. The van der Waals surface area contributed by atoms with Crippen molar-refractivity contribution >= 4 is 33.5 Å². The fourth-order valence-corrected chi connectivity index (χ4v) is 15.1. The number of nitrogens with zero attached hydrogens (tertiary/aromatic N) is 1. The lowest BCUT2D eigenvalue weighted by atomic mass is 9.65. The summed E-state index contributed by atoms with van der Waals surface area (Å²) in [7, 11) is 3.81. The maximum absolute atomic E-state index is 12.9. The van der Waals surface area contributed by atoms with Crippen LogP contribution in [0.25, 0.3) is 0 Å². The van der Waals surface area contributed by atoms with E-state index >= 15 is 0 Å². The Balaban J connectivity index is 1.26. The summed E-state index contributed by atoms with van der Waals surface area (Å²) in [6, 6.07) is 2.45. The van der Waals surface area contributed by atoms with Crippen LogP contribution in [0.5, 0.6) is 11.5 Å². The molecule has 63 heavy (non-hydrogen) atoms. The van der Waals surface area contributed by atoms with Crippen molar-refractivity contribution in [1.82, 2.24) is 16.0 Å². The Morgan fingerprint density at radius 1 is 1.02 bits per heavy atom. The van der Waals surface area contributed by atoms with Gasteiger partial charge in [-0.05, 0) is 107 Å². The molecule has 1 saturated heterocycles. The highest BCUT2D eigenvalue weighted by Crippen LogP contribution is 2.53. The molecule has 1 aromatic rings. The van der Waals surface area contributed by atoms with Crippen LogP contribution in [-0.4, -0.2) is 110 Å². The van der Waals surface area contributed by atoms with Gasteiger partial charge < -0.3 is 56.7 Å². The Labute approximate surface area is 381 Å². The smallest absolute Gasteiger partial charge is 0.302 e. The molecule has 4 spiro atoms. The van der Waals surface area contributed by atoms with Crippen LogP contribution in [0.15, 0.2) is 29.3 Å². The zero-order valence-corrected chi connectivity index (χ0v) is 38.6. The number of hydrogen-bond donors (Lipinski definition) is 9. The highest BCUT2D eigenvalue weighted by Gasteiger charge is 2.49. The number of piperidine rings is 1. The average Bonchev–Trinajstić information content (AvgIpc) is 3.67. The van der Waals surface area contributed by atoms with Crippen molar-refractivity contribution < 1.29 is 39.8 Å². The minimum atomic E-state index is -1.90. The number of hydrogen-bond acceptors (Lipinski definition) is 15. The maximum Gasteiger partial charge on any atom is 0.302 e. The number of nitrogens with two attached hydrogens (primary N) is 1. The van der Waals surface area contributed by atoms with Crippen molar-refractivity contribution in [1.29, 1.82) is 0 Å². The molecule has 3 fully saturated rings.